The molecule has 0 unspecified atom stereocenters. The van der Waals surface area contributed by atoms with Gasteiger partial charge in [0.1, 0.15) is 0 Å². The molecule has 0 aliphatic carbocycles. The van der Waals surface area contributed by atoms with Crippen molar-refractivity contribution in [3.63, 3.8) is 0 Å². The minimum absolute atomic E-state index is 0.146. The van der Waals surface area contributed by atoms with Gasteiger partial charge in [0.15, 0.2) is 5.75 Å². The first-order valence-electron chi connectivity index (χ1n) is 7.55. The van der Waals surface area contributed by atoms with Crippen LogP contribution in [0.1, 0.15) is 32.7 Å². The zero-order valence-electron chi connectivity index (χ0n) is 15.0. The molecule has 0 aliphatic rings. The zero-order valence-corrected chi connectivity index (χ0v) is 16.7. The van der Waals surface area contributed by atoms with Gasteiger partial charge >= 0.3 is 10.1 Å². The number of hydrogen-bond donors (Lipinski definition) is 0. The molecule has 6 heteroatoms. The molecule has 1 heterocycles. The van der Waals surface area contributed by atoms with Gasteiger partial charge in [0.25, 0.3) is 0 Å². The van der Waals surface area contributed by atoms with Crippen LogP contribution in [0.15, 0.2) is 10.9 Å². The van der Waals surface area contributed by atoms with Crippen LogP contribution in [0.5, 0.6) is 5.75 Å². The Bertz CT molecular complexity index is 983. The van der Waals surface area contributed by atoms with Crippen molar-refractivity contribution in [1.82, 2.24) is 0 Å². The normalized spacial score (nSPS) is 11.6. The van der Waals surface area contributed by atoms with E-state index in [1.165, 1.54) is 0 Å². The van der Waals surface area contributed by atoms with Gasteiger partial charge in [-0.3, -0.25) is 4.79 Å². The molecular formula is C18H22O4S2. The lowest BCUT2D eigenvalue weighted by molar-refractivity contribution is 0.492. The summed E-state index contributed by atoms with van der Waals surface area (Å²) in [4.78, 5) is 13.5. The molecule has 0 saturated carbocycles. The highest BCUT2D eigenvalue weighted by atomic mass is 32.2. The summed E-state index contributed by atoms with van der Waals surface area (Å²) < 4.78 is 28.5. The Labute approximate surface area is 147 Å². The molecule has 2 aromatic rings. The Kier molecular flexibility index (Phi) is 4.93. The van der Waals surface area contributed by atoms with E-state index in [0.717, 1.165) is 50.3 Å². The van der Waals surface area contributed by atoms with Crippen molar-refractivity contribution in [1.29, 1.82) is 0 Å². The lowest BCUT2D eigenvalue weighted by atomic mass is 9.90. The second-order valence-electron chi connectivity index (χ2n) is 6.20. The molecule has 0 aliphatic heterocycles. The summed E-state index contributed by atoms with van der Waals surface area (Å²) in [5.74, 6) is 0.146. The molecule has 0 spiro atoms. The Morgan fingerprint density at radius 1 is 0.875 bits per heavy atom. The maximum atomic E-state index is 12.7. The van der Waals surface area contributed by atoms with Gasteiger partial charge in [-0.25, -0.2) is 0 Å². The van der Waals surface area contributed by atoms with Crippen LogP contribution in [0.25, 0.3) is 11.1 Å². The van der Waals surface area contributed by atoms with E-state index in [9.17, 15) is 13.2 Å². The summed E-state index contributed by atoms with van der Waals surface area (Å²) in [6, 6.07) is 2.02. The molecule has 1 aromatic heterocycles. The van der Waals surface area contributed by atoms with Gasteiger partial charge in [0, 0.05) is 10.4 Å². The summed E-state index contributed by atoms with van der Waals surface area (Å²) in [5, 5.41) is 0. The second-order valence-corrected chi connectivity index (χ2v) is 8.96. The van der Waals surface area contributed by atoms with E-state index in [1.54, 1.807) is 13.8 Å². The zero-order chi connectivity index (χ0) is 18.4. The molecule has 0 bridgehead atoms. The Morgan fingerprint density at radius 2 is 1.46 bits per heavy atom. The molecule has 130 valence electrons. The molecule has 0 atom stereocenters. The van der Waals surface area contributed by atoms with Crippen molar-refractivity contribution in [2.45, 2.75) is 41.5 Å². The fourth-order valence-corrected chi connectivity index (χ4v) is 4.18. The van der Waals surface area contributed by atoms with Gasteiger partial charge in [-0.15, -0.1) is 0 Å². The molecular weight excluding hydrogens is 344 g/mol. The highest BCUT2D eigenvalue weighted by Gasteiger charge is 2.23. The summed E-state index contributed by atoms with van der Waals surface area (Å²) in [5.41, 5.74) is 5.91. The summed E-state index contributed by atoms with van der Waals surface area (Å²) in [7, 11) is -3.74. The van der Waals surface area contributed by atoms with Crippen LogP contribution in [0.4, 0.5) is 0 Å². The van der Waals surface area contributed by atoms with Crippen molar-refractivity contribution in [2.75, 3.05) is 6.26 Å². The molecule has 0 amide bonds. The smallest absolute Gasteiger partial charge is 0.306 e. The number of aryl methyl sites for hydroxylation is 3. The van der Waals surface area contributed by atoms with Gasteiger partial charge in [0.05, 0.1) is 11.8 Å². The summed E-state index contributed by atoms with van der Waals surface area (Å²) >= 11 is 1.12. The number of benzene rings is 1. The van der Waals surface area contributed by atoms with Gasteiger partial charge in [-0.1, -0.05) is 17.4 Å². The predicted octanol–water partition coefficient (Wildman–Crippen LogP) is 3.96. The third-order valence-electron chi connectivity index (χ3n) is 4.39. The monoisotopic (exact) mass is 366 g/mol. The lowest BCUT2D eigenvalue weighted by Crippen LogP contribution is -2.14. The van der Waals surface area contributed by atoms with E-state index in [2.05, 4.69) is 0 Å². The maximum Gasteiger partial charge on any atom is 0.306 e. The minimum atomic E-state index is -3.74. The van der Waals surface area contributed by atoms with Crippen LogP contribution in [-0.2, 0) is 10.1 Å². The molecule has 0 radical (unpaired) electrons. The van der Waals surface area contributed by atoms with Crippen LogP contribution in [0.2, 0.25) is 0 Å². The van der Waals surface area contributed by atoms with Crippen LogP contribution >= 0.6 is 11.3 Å². The standard InChI is InChI=1S/C18H22O4S2/c1-9-8-10(2)15(12(4)11(9)3)16-17(22-24(7,20)21)13(5)14(6)23-18(16)19/h8H,1-7H3. The van der Waals surface area contributed by atoms with Gasteiger partial charge in [0.2, 0.25) is 4.74 Å². The summed E-state index contributed by atoms with van der Waals surface area (Å²) in [6.07, 6.45) is 0.993. The van der Waals surface area contributed by atoms with Crippen molar-refractivity contribution < 1.29 is 12.6 Å². The molecule has 0 fully saturated rings. The maximum absolute atomic E-state index is 12.7. The summed E-state index contributed by atoms with van der Waals surface area (Å²) in [6.45, 7) is 11.5. The van der Waals surface area contributed by atoms with Crippen molar-refractivity contribution >= 4 is 21.5 Å². The highest BCUT2D eigenvalue weighted by Crippen LogP contribution is 2.38. The topological polar surface area (TPSA) is 60.4 Å². The fourth-order valence-electron chi connectivity index (χ4n) is 2.85. The predicted molar refractivity (Wildman–Crippen MR) is 99.9 cm³/mol. The van der Waals surface area contributed by atoms with E-state index in [-0.39, 0.29) is 10.5 Å². The van der Waals surface area contributed by atoms with Crippen LogP contribution in [-0.4, -0.2) is 14.7 Å². The SMILES string of the molecule is Cc1cc(C)c(-c2c(OS(C)(=O)=O)c(C)c(C)sc2=O)c(C)c1C. The largest absolute Gasteiger partial charge is 0.381 e. The van der Waals surface area contributed by atoms with Gasteiger partial charge in [-0.05, 0) is 69.4 Å². The van der Waals surface area contributed by atoms with Gasteiger partial charge < -0.3 is 4.18 Å². The van der Waals surface area contributed by atoms with E-state index >= 15 is 0 Å². The lowest BCUT2D eigenvalue weighted by Gasteiger charge is -2.18. The van der Waals surface area contributed by atoms with Gasteiger partial charge in [-0.2, -0.15) is 8.42 Å². The first-order valence-corrected chi connectivity index (χ1v) is 10.2. The molecule has 0 saturated heterocycles. The third-order valence-corrected chi connectivity index (χ3v) is 5.86. The minimum Gasteiger partial charge on any atom is -0.381 e. The van der Waals surface area contributed by atoms with Crippen molar-refractivity contribution in [2.24, 2.45) is 0 Å². The molecule has 2 rings (SSSR count). The van der Waals surface area contributed by atoms with E-state index < -0.39 is 10.1 Å². The number of hydrogen-bond acceptors (Lipinski definition) is 5. The molecule has 4 nitrogen and oxygen atoms in total. The molecule has 1 aromatic carbocycles. The van der Waals surface area contributed by atoms with Crippen LogP contribution < -0.4 is 8.93 Å². The van der Waals surface area contributed by atoms with Crippen LogP contribution in [0.3, 0.4) is 0 Å². The van der Waals surface area contributed by atoms with E-state index in [0.29, 0.717) is 11.1 Å². The average Bonchev–Trinajstić information content (AvgIpc) is 2.44. The Balaban J connectivity index is 2.98. The quantitative estimate of drug-likeness (QED) is 0.771. The Morgan fingerprint density at radius 3 is 2.00 bits per heavy atom. The first kappa shape index (κ1) is 18.7. The number of rotatable bonds is 3. The third kappa shape index (κ3) is 3.39. The Hall–Kier alpha value is -1.66. The highest BCUT2D eigenvalue weighted by molar-refractivity contribution is 7.86. The van der Waals surface area contributed by atoms with E-state index in [4.69, 9.17) is 4.18 Å². The average molecular weight is 367 g/mol. The first-order chi connectivity index (χ1) is 10.9. The van der Waals surface area contributed by atoms with E-state index in [1.807, 2.05) is 33.8 Å². The molecule has 24 heavy (non-hydrogen) atoms. The second kappa shape index (κ2) is 6.33. The van der Waals surface area contributed by atoms with Crippen LogP contribution in [0, 0.1) is 41.5 Å². The molecule has 0 N–H and O–H groups in total. The van der Waals surface area contributed by atoms with Crippen molar-refractivity contribution in [3.8, 4) is 16.9 Å². The van der Waals surface area contributed by atoms with Crippen molar-refractivity contribution in [3.05, 3.63) is 48.3 Å². The fraction of sp³-hybridized carbons (Fsp3) is 0.389.